The van der Waals surface area contributed by atoms with E-state index in [2.05, 4.69) is 20.8 Å². The number of aliphatic hydroxyl groups is 1. The van der Waals surface area contributed by atoms with Crippen molar-refractivity contribution < 1.29 is 9.90 Å². The van der Waals surface area contributed by atoms with Crippen LogP contribution < -0.4 is 0 Å². The van der Waals surface area contributed by atoms with Gasteiger partial charge in [-0.15, -0.1) is 0 Å². The van der Waals surface area contributed by atoms with Crippen molar-refractivity contribution in [3.05, 3.63) is 0 Å². The molecule has 0 bridgehead atoms. The highest BCUT2D eigenvalue weighted by atomic mass is 16.3. The maximum atomic E-state index is 12.0. The van der Waals surface area contributed by atoms with Crippen LogP contribution in [0.2, 0.25) is 0 Å². The van der Waals surface area contributed by atoms with Crippen LogP contribution in [0.15, 0.2) is 0 Å². The number of aliphatic hydroxyl groups excluding tert-OH is 1. The Morgan fingerprint density at radius 3 is 2.56 bits per heavy atom. The molecule has 3 heteroatoms. The minimum atomic E-state index is -0.169. The van der Waals surface area contributed by atoms with Gasteiger partial charge < -0.3 is 10.0 Å². The fourth-order valence-electron chi connectivity index (χ4n) is 3.01. The van der Waals surface area contributed by atoms with Crippen LogP contribution >= 0.6 is 0 Å². The summed E-state index contributed by atoms with van der Waals surface area (Å²) in [5, 5.41) is 9.79. The molecule has 1 heterocycles. The first-order valence-electron chi connectivity index (χ1n) is 6.33. The number of hydrogen-bond acceptors (Lipinski definition) is 2. The molecule has 0 spiro atoms. The van der Waals surface area contributed by atoms with E-state index in [1.165, 1.54) is 0 Å². The second-order valence-corrected chi connectivity index (χ2v) is 6.60. The molecule has 0 aromatic heterocycles. The Morgan fingerprint density at radius 2 is 2.00 bits per heavy atom. The van der Waals surface area contributed by atoms with Crippen molar-refractivity contribution in [1.82, 2.24) is 4.90 Å². The van der Waals surface area contributed by atoms with E-state index in [1.807, 2.05) is 4.90 Å². The number of rotatable bonds is 1. The fraction of sp³-hybridized carbons (Fsp3) is 0.923. The van der Waals surface area contributed by atoms with Crippen LogP contribution in [0.1, 0.15) is 40.0 Å². The minimum Gasteiger partial charge on any atom is -0.393 e. The zero-order valence-corrected chi connectivity index (χ0v) is 10.6. The van der Waals surface area contributed by atoms with Gasteiger partial charge in [-0.3, -0.25) is 4.79 Å². The summed E-state index contributed by atoms with van der Waals surface area (Å²) in [5.74, 6) is 1.16. The van der Waals surface area contributed by atoms with Crippen molar-refractivity contribution in [1.29, 1.82) is 0 Å². The van der Waals surface area contributed by atoms with Crippen LogP contribution in [0, 0.1) is 17.3 Å². The van der Waals surface area contributed by atoms with E-state index in [-0.39, 0.29) is 17.4 Å². The van der Waals surface area contributed by atoms with E-state index in [0.717, 1.165) is 25.9 Å². The maximum absolute atomic E-state index is 12.0. The quantitative estimate of drug-likeness (QED) is 0.737. The summed E-state index contributed by atoms with van der Waals surface area (Å²) in [7, 11) is 0. The lowest BCUT2D eigenvalue weighted by atomic mass is 9.91. The van der Waals surface area contributed by atoms with Crippen LogP contribution in [-0.2, 0) is 4.79 Å². The molecule has 1 amide bonds. The fourth-order valence-corrected chi connectivity index (χ4v) is 3.01. The monoisotopic (exact) mass is 225 g/mol. The topological polar surface area (TPSA) is 40.5 Å². The van der Waals surface area contributed by atoms with Crippen molar-refractivity contribution >= 4 is 5.91 Å². The Kier molecular flexibility index (Phi) is 2.99. The summed E-state index contributed by atoms with van der Waals surface area (Å²) in [4.78, 5) is 14.0. The summed E-state index contributed by atoms with van der Waals surface area (Å²) in [6.07, 6.45) is 2.46. The Labute approximate surface area is 97.8 Å². The molecule has 1 aliphatic carbocycles. The van der Waals surface area contributed by atoms with Crippen molar-refractivity contribution in [2.45, 2.75) is 46.1 Å². The molecule has 1 N–H and O–H groups in total. The first-order chi connectivity index (χ1) is 7.37. The molecule has 0 radical (unpaired) electrons. The zero-order valence-electron chi connectivity index (χ0n) is 10.6. The molecule has 2 aliphatic rings. The van der Waals surface area contributed by atoms with Crippen LogP contribution in [0.25, 0.3) is 0 Å². The van der Waals surface area contributed by atoms with Gasteiger partial charge in [0, 0.05) is 25.4 Å². The predicted molar refractivity (Wildman–Crippen MR) is 62.9 cm³/mol. The van der Waals surface area contributed by atoms with Gasteiger partial charge in [0.05, 0.1) is 6.10 Å². The molecule has 3 atom stereocenters. The molecule has 0 aromatic carbocycles. The lowest BCUT2D eigenvalue weighted by Crippen LogP contribution is -2.33. The van der Waals surface area contributed by atoms with Crippen LogP contribution in [0.3, 0.4) is 0 Å². The van der Waals surface area contributed by atoms with Crippen molar-refractivity contribution in [3.8, 4) is 0 Å². The van der Waals surface area contributed by atoms with Crippen LogP contribution in [0.4, 0.5) is 0 Å². The SMILES string of the molecule is CC(C)(C)CC(=O)N1CC2CCC(O)C2C1. The molecule has 3 nitrogen and oxygen atoms in total. The summed E-state index contributed by atoms with van der Waals surface area (Å²) in [5.41, 5.74) is 0.0629. The van der Waals surface area contributed by atoms with E-state index < -0.39 is 0 Å². The highest BCUT2D eigenvalue weighted by Gasteiger charge is 2.43. The molecule has 0 aromatic rings. The molecule has 16 heavy (non-hydrogen) atoms. The standard InChI is InChI=1S/C13H23NO2/c1-13(2,3)6-12(16)14-7-9-4-5-11(15)10(9)8-14/h9-11,15H,4-8H2,1-3H3. The number of likely N-dealkylation sites (tertiary alicyclic amines) is 1. The predicted octanol–water partition coefficient (Wildman–Crippen LogP) is 1.65. The smallest absolute Gasteiger partial charge is 0.223 e. The van der Waals surface area contributed by atoms with E-state index in [0.29, 0.717) is 18.3 Å². The third-order valence-corrected chi connectivity index (χ3v) is 3.85. The molecule has 92 valence electrons. The summed E-state index contributed by atoms with van der Waals surface area (Å²) >= 11 is 0. The van der Waals surface area contributed by atoms with Crippen LogP contribution in [0.5, 0.6) is 0 Å². The lowest BCUT2D eigenvalue weighted by molar-refractivity contribution is -0.132. The number of carbonyl (C=O) groups excluding carboxylic acids is 1. The van der Waals surface area contributed by atoms with E-state index in [9.17, 15) is 9.90 Å². The number of carbonyl (C=O) groups is 1. The second kappa shape index (κ2) is 4.02. The first-order valence-corrected chi connectivity index (χ1v) is 6.33. The van der Waals surface area contributed by atoms with Gasteiger partial charge in [0.15, 0.2) is 0 Å². The second-order valence-electron chi connectivity index (χ2n) is 6.60. The number of nitrogens with zero attached hydrogens (tertiary/aromatic N) is 1. The summed E-state index contributed by atoms with van der Waals surface area (Å²) in [6.45, 7) is 7.93. The largest absolute Gasteiger partial charge is 0.393 e. The van der Waals surface area contributed by atoms with Gasteiger partial charge in [0.25, 0.3) is 0 Å². The first kappa shape index (κ1) is 11.9. The average molecular weight is 225 g/mol. The van der Waals surface area contributed by atoms with Gasteiger partial charge in [-0.2, -0.15) is 0 Å². The molecule has 1 saturated carbocycles. The molecule has 1 aliphatic heterocycles. The molecule has 2 rings (SSSR count). The Hall–Kier alpha value is -0.570. The van der Waals surface area contributed by atoms with Crippen molar-refractivity contribution in [3.63, 3.8) is 0 Å². The molecule has 3 unspecified atom stereocenters. The Morgan fingerprint density at radius 1 is 1.31 bits per heavy atom. The van der Waals surface area contributed by atoms with Gasteiger partial charge in [-0.25, -0.2) is 0 Å². The third kappa shape index (κ3) is 2.40. The number of fused-ring (bicyclic) bond motifs is 1. The third-order valence-electron chi connectivity index (χ3n) is 3.85. The normalized spacial score (nSPS) is 34.2. The number of hydrogen-bond donors (Lipinski definition) is 1. The highest BCUT2D eigenvalue weighted by Crippen LogP contribution is 2.38. The molecular weight excluding hydrogens is 202 g/mol. The van der Waals surface area contributed by atoms with E-state index >= 15 is 0 Å². The van der Waals surface area contributed by atoms with Crippen LogP contribution in [-0.4, -0.2) is 35.1 Å². The zero-order chi connectivity index (χ0) is 11.9. The van der Waals surface area contributed by atoms with Crippen molar-refractivity contribution in [2.24, 2.45) is 17.3 Å². The van der Waals surface area contributed by atoms with Gasteiger partial charge in [-0.05, 0) is 24.2 Å². The lowest BCUT2D eigenvalue weighted by Gasteiger charge is -2.24. The minimum absolute atomic E-state index is 0.0629. The maximum Gasteiger partial charge on any atom is 0.223 e. The van der Waals surface area contributed by atoms with Crippen molar-refractivity contribution in [2.75, 3.05) is 13.1 Å². The molecule has 1 saturated heterocycles. The Balaban J connectivity index is 1.92. The van der Waals surface area contributed by atoms with E-state index in [1.54, 1.807) is 0 Å². The van der Waals surface area contributed by atoms with Gasteiger partial charge in [-0.1, -0.05) is 20.8 Å². The molecule has 2 fully saturated rings. The number of amides is 1. The van der Waals surface area contributed by atoms with E-state index in [4.69, 9.17) is 0 Å². The van der Waals surface area contributed by atoms with Gasteiger partial charge in [0.1, 0.15) is 0 Å². The van der Waals surface area contributed by atoms with Gasteiger partial charge >= 0.3 is 0 Å². The summed E-state index contributed by atoms with van der Waals surface area (Å²) in [6, 6.07) is 0. The highest BCUT2D eigenvalue weighted by molar-refractivity contribution is 5.77. The molecular formula is C13H23NO2. The summed E-state index contributed by atoms with van der Waals surface area (Å²) < 4.78 is 0. The Bertz CT molecular complexity index is 282. The average Bonchev–Trinajstić information content (AvgIpc) is 2.65. The van der Waals surface area contributed by atoms with Gasteiger partial charge in [0.2, 0.25) is 5.91 Å².